The lowest BCUT2D eigenvalue weighted by atomic mass is 9.86. The van der Waals surface area contributed by atoms with Gasteiger partial charge in [-0.05, 0) is 67.6 Å². The molecular formula is C19H24N4. The molecule has 0 unspecified atom stereocenters. The van der Waals surface area contributed by atoms with Gasteiger partial charge in [0.05, 0.1) is 17.7 Å². The molecule has 3 rings (SSSR count). The van der Waals surface area contributed by atoms with Gasteiger partial charge >= 0.3 is 0 Å². The van der Waals surface area contributed by atoms with E-state index in [0.717, 1.165) is 36.1 Å². The minimum atomic E-state index is 0. The summed E-state index contributed by atoms with van der Waals surface area (Å²) < 4.78 is 0. The van der Waals surface area contributed by atoms with Crippen molar-refractivity contribution in [2.24, 2.45) is 0 Å². The average Bonchev–Trinajstić information content (AvgIpc) is 2.56. The molecule has 1 aliphatic rings. The molecule has 0 saturated heterocycles. The molecular weight excluding hydrogens is 284 g/mol. The van der Waals surface area contributed by atoms with Crippen molar-refractivity contribution in [1.29, 1.82) is 10.7 Å². The van der Waals surface area contributed by atoms with Crippen molar-refractivity contribution in [3.8, 4) is 6.07 Å². The molecule has 23 heavy (non-hydrogen) atoms. The fraction of sp³-hybridized carbons (Fsp3) is 0.263. The Morgan fingerprint density at radius 3 is 2.91 bits per heavy atom. The van der Waals surface area contributed by atoms with Crippen LogP contribution in [0.2, 0.25) is 0 Å². The first-order valence-corrected chi connectivity index (χ1v) is 7.83. The van der Waals surface area contributed by atoms with Gasteiger partial charge in [0.2, 0.25) is 0 Å². The van der Waals surface area contributed by atoms with Crippen molar-refractivity contribution in [1.82, 2.24) is 0 Å². The third kappa shape index (κ3) is 3.04. The van der Waals surface area contributed by atoms with Crippen LogP contribution in [-0.4, -0.2) is 5.71 Å². The van der Waals surface area contributed by atoms with Gasteiger partial charge in [-0.1, -0.05) is 6.07 Å². The number of nitrogens with two attached hydrogens (primary N) is 1. The highest BCUT2D eigenvalue weighted by molar-refractivity contribution is 6.01. The number of nitriles is 1. The summed E-state index contributed by atoms with van der Waals surface area (Å²) in [6.07, 6.45) is 3.18. The number of nitrogen functional groups attached to an aromatic ring is 1. The number of benzene rings is 2. The van der Waals surface area contributed by atoms with Crippen LogP contribution in [0.1, 0.15) is 50.9 Å². The molecule has 2 aromatic carbocycles. The van der Waals surface area contributed by atoms with Gasteiger partial charge in [0.15, 0.2) is 0 Å². The number of nitrogens with zero attached hydrogens (tertiary/aromatic N) is 1. The Morgan fingerprint density at radius 1 is 1.35 bits per heavy atom. The van der Waals surface area contributed by atoms with E-state index in [-0.39, 0.29) is 8.90 Å². The van der Waals surface area contributed by atoms with Gasteiger partial charge in [0.1, 0.15) is 0 Å². The summed E-state index contributed by atoms with van der Waals surface area (Å²) in [6, 6.07) is 14.1. The van der Waals surface area contributed by atoms with Gasteiger partial charge in [0.25, 0.3) is 0 Å². The van der Waals surface area contributed by atoms with Crippen molar-refractivity contribution in [2.45, 2.75) is 32.2 Å². The first kappa shape index (κ1) is 15.1. The Kier molecular flexibility index (Phi) is 4.03. The molecule has 0 heterocycles. The second-order valence-corrected chi connectivity index (χ2v) is 6.04. The maximum Gasteiger partial charge on any atom is 0.0991 e. The molecule has 4 heteroatoms. The van der Waals surface area contributed by atoms with Crippen LogP contribution in [0.15, 0.2) is 36.4 Å². The lowest BCUT2D eigenvalue weighted by Gasteiger charge is -2.27. The zero-order chi connectivity index (χ0) is 16.4. The molecule has 0 spiro atoms. The van der Waals surface area contributed by atoms with E-state index in [1.165, 1.54) is 11.1 Å². The summed E-state index contributed by atoms with van der Waals surface area (Å²) in [5.41, 5.74) is 12.0. The third-order valence-corrected chi connectivity index (χ3v) is 4.38. The molecule has 1 aliphatic carbocycles. The number of hydrogen-bond donors (Lipinski definition) is 3. The SMILES string of the molecule is CC(=N)c1cc(N[C@@H]2CCCc3cc(C#N)ccc32)ccc1N.[HH].[HH]. The maximum absolute atomic E-state index is 9.05. The van der Waals surface area contributed by atoms with Crippen molar-refractivity contribution >= 4 is 17.1 Å². The van der Waals surface area contributed by atoms with Crippen LogP contribution in [0.5, 0.6) is 0 Å². The molecule has 4 nitrogen and oxygen atoms in total. The molecule has 0 saturated carbocycles. The van der Waals surface area contributed by atoms with E-state index in [9.17, 15) is 0 Å². The van der Waals surface area contributed by atoms with E-state index in [0.29, 0.717) is 11.4 Å². The topological polar surface area (TPSA) is 85.7 Å². The van der Waals surface area contributed by atoms with E-state index in [1.54, 1.807) is 6.92 Å². The van der Waals surface area contributed by atoms with Gasteiger partial charge in [-0.15, -0.1) is 0 Å². The quantitative estimate of drug-likeness (QED) is 0.576. The van der Waals surface area contributed by atoms with Crippen molar-refractivity contribution in [3.05, 3.63) is 58.7 Å². The monoisotopic (exact) mass is 308 g/mol. The number of nitrogens with one attached hydrogen (secondary N) is 2. The number of fused-ring (bicyclic) bond motifs is 1. The van der Waals surface area contributed by atoms with Crippen LogP contribution >= 0.6 is 0 Å². The van der Waals surface area contributed by atoms with Gasteiger partial charge in [-0.3, -0.25) is 0 Å². The predicted octanol–water partition coefficient (Wildman–Crippen LogP) is 4.51. The smallest absolute Gasteiger partial charge is 0.0991 e. The summed E-state index contributed by atoms with van der Waals surface area (Å²) in [6.45, 7) is 1.74. The number of rotatable bonds is 3. The van der Waals surface area contributed by atoms with Crippen molar-refractivity contribution < 1.29 is 2.85 Å². The van der Waals surface area contributed by atoms with E-state index in [4.69, 9.17) is 16.4 Å². The first-order valence-electron chi connectivity index (χ1n) is 7.83. The van der Waals surface area contributed by atoms with Crippen molar-refractivity contribution in [3.63, 3.8) is 0 Å². The summed E-state index contributed by atoms with van der Waals surface area (Å²) in [7, 11) is 0. The molecule has 4 N–H and O–H groups in total. The summed E-state index contributed by atoms with van der Waals surface area (Å²) in [5, 5.41) is 20.4. The zero-order valence-corrected chi connectivity index (χ0v) is 13.2. The fourth-order valence-electron chi connectivity index (χ4n) is 3.21. The third-order valence-electron chi connectivity index (χ3n) is 4.38. The molecule has 0 aromatic heterocycles. The number of anilines is 2. The minimum absolute atomic E-state index is 0. The van der Waals surface area contributed by atoms with Gasteiger partial charge < -0.3 is 16.5 Å². The first-order chi connectivity index (χ1) is 11.1. The standard InChI is InChI=1S/C19H20N4.2H2/c1-12(21)17-10-15(6-8-18(17)22)23-19-4-2-3-14-9-13(11-20)5-7-16(14)19;;/h5-10,19,21,23H,2-4,22H2,1H3;2*1H/t19-;;/m1../s1. The number of aryl methyl sites for hydroxylation is 1. The zero-order valence-electron chi connectivity index (χ0n) is 13.2. The van der Waals surface area contributed by atoms with Gasteiger partial charge in [0, 0.05) is 25.5 Å². The van der Waals surface area contributed by atoms with Crippen LogP contribution in [0.3, 0.4) is 0 Å². The molecule has 0 radical (unpaired) electrons. The van der Waals surface area contributed by atoms with Crippen LogP contribution in [0, 0.1) is 16.7 Å². The predicted molar refractivity (Wildman–Crippen MR) is 98.0 cm³/mol. The Bertz CT molecular complexity index is 812. The summed E-state index contributed by atoms with van der Waals surface area (Å²) >= 11 is 0. The highest BCUT2D eigenvalue weighted by atomic mass is 14.9. The Balaban J connectivity index is 0.00000156. The highest BCUT2D eigenvalue weighted by Crippen LogP contribution is 2.33. The largest absolute Gasteiger partial charge is 0.398 e. The Hall–Kier alpha value is -2.80. The second-order valence-electron chi connectivity index (χ2n) is 6.04. The normalized spacial score (nSPS) is 16.3. The minimum Gasteiger partial charge on any atom is -0.398 e. The fourth-order valence-corrected chi connectivity index (χ4v) is 3.21. The van der Waals surface area contributed by atoms with Gasteiger partial charge in [-0.2, -0.15) is 5.26 Å². The van der Waals surface area contributed by atoms with Crippen LogP contribution in [0.25, 0.3) is 0 Å². The molecule has 120 valence electrons. The molecule has 0 fully saturated rings. The molecule has 0 bridgehead atoms. The lowest BCUT2D eigenvalue weighted by Crippen LogP contribution is -2.17. The second kappa shape index (κ2) is 6.13. The molecule has 0 amide bonds. The van der Waals surface area contributed by atoms with E-state index in [2.05, 4.69) is 17.5 Å². The Labute approximate surface area is 139 Å². The summed E-state index contributed by atoms with van der Waals surface area (Å²) in [4.78, 5) is 0. The van der Waals surface area contributed by atoms with E-state index in [1.807, 2.05) is 30.3 Å². The van der Waals surface area contributed by atoms with E-state index < -0.39 is 0 Å². The Morgan fingerprint density at radius 2 is 2.17 bits per heavy atom. The van der Waals surface area contributed by atoms with E-state index >= 15 is 0 Å². The highest BCUT2D eigenvalue weighted by Gasteiger charge is 2.20. The average molecular weight is 308 g/mol. The molecule has 2 aromatic rings. The van der Waals surface area contributed by atoms with Crippen LogP contribution in [0.4, 0.5) is 11.4 Å². The molecule has 1 atom stereocenters. The van der Waals surface area contributed by atoms with Crippen LogP contribution < -0.4 is 11.1 Å². The molecule has 0 aliphatic heterocycles. The summed E-state index contributed by atoms with van der Waals surface area (Å²) in [5.74, 6) is 0. The maximum atomic E-state index is 9.05. The van der Waals surface area contributed by atoms with Crippen LogP contribution in [-0.2, 0) is 6.42 Å². The van der Waals surface area contributed by atoms with Gasteiger partial charge in [-0.25, -0.2) is 0 Å². The number of hydrogen-bond acceptors (Lipinski definition) is 4. The lowest BCUT2D eigenvalue weighted by molar-refractivity contribution is 0.600. The van der Waals surface area contributed by atoms with Crippen molar-refractivity contribution in [2.75, 3.05) is 11.1 Å².